The standard InChI is InChI=1S/C19H31NO3/c1-18(2,3)10-9-16(21)20-13-11-14(22-7)17(19(4,5)6)15(12-13)23-8/h11-12H,9-10H2,1-8H3,(H,20,21). The van der Waals surface area contributed by atoms with Gasteiger partial charge in [-0.2, -0.15) is 0 Å². The second-order valence-corrected chi connectivity index (χ2v) is 8.11. The number of amides is 1. The van der Waals surface area contributed by atoms with Gasteiger partial charge in [0.15, 0.2) is 0 Å². The zero-order valence-corrected chi connectivity index (χ0v) is 15.8. The van der Waals surface area contributed by atoms with Gasteiger partial charge in [-0.05, 0) is 17.3 Å². The van der Waals surface area contributed by atoms with Crippen molar-refractivity contribution in [2.75, 3.05) is 19.5 Å². The van der Waals surface area contributed by atoms with Gasteiger partial charge in [-0.15, -0.1) is 0 Å². The molecule has 1 rings (SSSR count). The minimum absolute atomic E-state index is 0.00698. The fourth-order valence-corrected chi connectivity index (χ4v) is 2.44. The van der Waals surface area contributed by atoms with Crippen molar-refractivity contribution >= 4 is 11.6 Å². The molecule has 1 aromatic carbocycles. The van der Waals surface area contributed by atoms with E-state index in [1.807, 2.05) is 12.1 Å². The summed E-state index contributed by atoms with van der Waals surface area (Å²) in [5, 5.41) is 2.94. The van der Waals surface area contributed by atoms with Crippen molar-refractivity contribution in [2.24, 2.45) is 5.41 Å². The lowest BCUT2D eigenvalue weighted by Crippen LogP contribution is -2.17. The molecular formula is C19H31NO3. The molecule has 1 amide bonds. The largest absolute Gasteiger partial charge is 0.496 e. The summed E-state index contributed by atoms with van der Waals surface area (Å²) < 4.78 is 11.0. The van der Waals surface area contributed by atoms with Gasteiger partial charge in [0, 0.05) is 29.8 Å². The van der Waals surface area contributed by atoms with Crippen LogP contribution in [0.5, 0.6) is 11.5 Å². The summed E-state index contributed by atoms with van der Waals surface area (Å²) in [6.07, 6.45) is 1.34. The number of ether oxygens (including phenoxy) is 2. The van der Waals surface area contributed by atoms with Gasteiger partial charge >= 0.3 is 0 Å². The molecule has 0 saturated carbocycles. The second kappa shape index (κ2) is 7.24. The highest BCUT2D eigenvalue weighted by molar-refractivity contribution is 5.91. The maximum absolute atomic E-state index is 12.1. The third-order valence-corrected chi connectivity index (χ3v) is 3.64. The van der Waals surface area contributed by atoms with Crippen LogP contribution >= 0.6 is 0 Å². The molecule has 0 aliphatic heterocycles. The normalized spacial score (nSPS) is 12.0. The van der Waals surface area contributed by atoms with E-state index in [0.29, 0.717) is 12.1 Å². The Hall–Kier alpha value is -1.71. The van der Waals surface area contributed by atoms with E-state index < -0.39 is 0 Å². The summed E-state index contributed by atoms with van der Waals surface area (Å²) in [7, 11) is 3.27. The minimum Gasteiger partial charge on any atom is -0.496 e. The molecule has 0 bridgehead atoms. The zero-order chi connectivity index (χ0) is 17.8. The lowest BCUT2D eigenvalue weighted by atomic mass is 9.85. The molecule has 0 atom stereocenters. The molecule has 4 nitrogen and oxygen atoms in total. The molecule has 0 aliphatic rings. The van der Waals surface area contributed by atoms with Crippen molar-refractivity contribution in [3.05, 3.63) is 17.7 Å². The maximum atomic E-state index is 12.1. The van der Waals surface area contributed by atoms with Crippen LogP contribution in [-0.2, 0) is 10.2 Å². The lowest BCUT2D eigenvalue weighted by molar-refractivity contribution is -0.116. The van der Waals surface area contributed by atoms with E-state index in [1.165, 1.54) is 0 Å². The smallest absolute Gasteiger partial charge is 0.224 e. The average molecular weight is 321 g/mol. The van der Waals surface area contributed by atoms with Gasteiger partial charge in [0.2, 0.25) is 5.91 Å². The second-order valence-electron chi connectivity index (χ2n) is 8.11. The number of anilines is 1. The molecule has 0 spiro atoms. The molecule has 4 heteroatoms. The summed E-state index contributed by atoms with van der Waals surface area (Å²) in [5.74, 6) is 1.46. The predicted molar refractivity (Wildman–Crippen MR) is 95.6 cm³/mol. The van der Waals surface area contributed by atoms with Crippen molar-refractivity contribution in [3.63, 3.8) is 0 Å². The molecule has 0 heterocycles. The topological polar surface area (TPSA) is 47.6 Å². The van der Waals surface area contributed by atoms with Crippen molar-refractivity contribution in [1.29, 1.82) is 0 Å². The van der Waals surface area contributed by atoms with E-state index in [-0.39, 0.29) is 16.7 Å². The van der Waals surface area contributed by atoms with E-state index in [0.717, 1.165) is 23.5 Å². The van der Waals surface area contributed by atoms with Crippen LogP contribution in [0.2, 0.25) is 0 Å². The van der Waals surface area contributed by atoms with Gasteiger partial charge in [0.1, 0.15) is 11.5 Å². The Balaban J connectivity index is 3.04. The molecule has 0 saturated heterocycles. The third kappa shape index (κ3) is 5.77. The number of methoxy groups -OCH3 is 2. The number of benzene rings is 1. The van der Waals surface area contributed by atoms with Gasteiger partial charge in [-0.1, -0.05) is 41.5 Å². The minimum atomic E-state index is -0.120. The fourth-order valence-electron chi connectivity index (χ4n) is 2.44. The number of rotatable bonds is 5. The van der Waals surface area contributed by atoms with Gasteiger partial charge in [0.05, 0.1) is 14.2 Å². The third-order valence-electron chi connectivity index (χ3n) is 3.64. The van der Waals surface area contributed by atoms with Crippen molar-refractivity contribution < 1.29 is 14.3 Å². The predicted octanol–water partition coefficient (Wildman–Crippen LogP) is 4.77. The molecule has 1 aromatic rings. The number of nitrogens with one attached hydrogen (secondary N) is 1. The number of carbonyl (C=O) groups is 1. The van der Waals surface area contributed by atoms with Crippen LogP contribution in [0, 0.1) is 5.41 Å². The van der Waals surface area contributed by atoms with Gasteiger partial charge < -0.3 is 14.8 Å². The Morgan fingerprint density at radius 2 is 1.48 bits per heavy atom. The molecular weight excluding hydrogens is 290 g/mol. The van der Waals surface area contributed by atoms with Crippen molar-refractivity contribution in [3.8, 4) is 11.5 Å². The van der Waals surface area contributed by atoms with Crippen LogP contribution in [0.3, 0.4) is 0 Å². The van der Waals surface area contributed by atoms with Crippen molar-refractivity contribution in [1.82, 2.24) is 0 Å². The van der Waals surface area contributed by atoms with E-state index in [9.17, 15) is 4.79 Å². The first kappa shape index (κ1) is 19.3. The van der Waals surface area contributed by atoms with Crippen LogP contribution in [-0.4, -0.2) is 20.1 Å². The first-order valence-corrected chi connectivity index (χ1v) is 8.04. The molecule has 0 unspecified atom stereocenters. The number of carbonyl (C=O) groups excluding carboxylic acids is 1. The molecule has 130 valence electrons. The highest BCUT2D eigenvalue weighted by Crippen LogP contribution is 2.41. The molecule has 1 N–H and O–H groups in total. The SMILES string of the molecule is COc1cc(NC(=O)CCC(C)(C)C)cc(OC)c1C(C)(C)C. The summed E-state index contributed by atoms with van der Waals surface area (Å²) in [5.41, 5.74) is 1.72. The van der Waals surface area contributed by atoms with Crippen LogP contribution < -0.4 is 14.8 Å². The lowest BCUT2D eigenvalue weighted by Gasteiger charge is -2.25. The van der Waals surface area contributed by atoms with Crippen LogP contribution in [0.25, 0.3) is 0 Å². The van der Waals surface area contributed by atoms with Gasteiger partial charge in [-0.3, -0.25) is 4.79 Å². The molecule has 0 radical (unpaired) electrons. The Kier molecular flexibility index (Phi) is 6.09. The zero-order valence-electron chi connectivity index (χ0n) is 15.8. The summed E-state index contributed by atoms with van der Waals surface area (Å²) in [6.45, 7) is 12.7. The Bertz CT molecular complexity index is 526. The first-order valence-electron chi connectivity index (χ1n) is 8.04. The van der Waals surface area contributed by atoms with Crippen molar-refractivity contribution in [2.45, 2.75) is 59.8 Å². The molecule has 0 aromatic heterocycles. The number of hydrogen-bond donors (Lipinski definition) is 1. The molecule has 0 aliphatic carbocycles. The summed E-state index contributed by atoms with van der Waals surface area (Å²) >= 11 is 0. The van der Waals surface area contributed by atoms with Crippen LogP contribution in [0.15, 0.2) is 12.1 Å². The van der Waals surface area contributed by atoms with Crippen LogP contribution in [0.4, 0.5) is 5.69 Å². The monoisotopic (exact) mass is 321 g/mol. The highest BCUT2D eigenvalue weighted by Gasteiger charge is 2.25. The van der Waals surface area contributed by atoms with E-state index >= 15 is 0 Å². The maximum Gasteiger partial charge on any atom is 0.224 e. The van der Waals surface area contributed by atoms with E-state index in [4.69, 9.17) is 9.47 Å². The quantitative estimate of drug-likeness (QED) is 0.850. The van der Waals surface area contributed by atoms with Crippen LogP contribution in [0.1, 0.15) is 59.9 Å². The summed E-state index contributed by atoms with van der Waals surface area (Å²) in [4.78, 5) is 12.1. The van der Waals surface area contributed by atoms with Gasteiger partial charge in [-0.25, -0.2) is 0 Å². The highest BCUT2D eigenvalue weighted by atomic mass is 16.5. The van der Waals surface area contributed by atoms with E-state index in [1.54, 1.807) is 14.2 Å². The molecule has 23 heavy (non-hydrogen) atoms. The first-order chi connectivity index (χ1) is 10.5. The Morgan fingerprint density at radius 1 is 1.00 bits per heavy atom. The molecule has 0 fully saturated rings. The van der Waals surface area contributed by atoms with E-state index in [2.05, 4.69) is 46.9 Å². The average Bonchev–Trinajstić information content (AvgIpc) is 2.42. The fraction of sp³-hybridized carbons (Fsp3) is 0.632. The summed E-state index contributed by atoms with van der Waals surface area (Å²) in [6, 6.07) is 3.72. The Morgan fingerprint density at radius 3 is 1.83 bits per heavy atom. The Labute approximate surface area is 140 Å². The number of hydrogen-bond acceptors (Lipinski definition) is 3. The van der Waals surface area contributed by atoms with Gasteiger partial charge in [0.25, 0.3) is 0 Å².